The summed E-state index contributed by atoms with van der Waals surface area (Å²) in [6.07, 6.45) is 0.896. The van der Waals surface area contributed by atoms with E-state index in [4.69, 9.17) is 0 Å². The van der Waals surface area contributed by atoms with Gasteiger partial charge in [0.15, 0.2) is 5.16 Å². The van der Waals surface area contributed by atoms with Gasteiger partial charge in [0.05, 0.1) is 5.75 Å². The van der Waals surface area contributed by atoms with E-state index in [2.05, 4.69) is 9.97 Å². The van der Waals surface area contributed by atoms with Gasteiger partial charge in [-0.2, -0.15) is 0 Å². The summed E-state index contributed by atoms with van der Waals surface area (Å²) in [6.45, 7) is 7.87. The van der Waals surface area contributed by atoms with E-state index < -0.39 is 0 Å². The van der Waals surface area contributed by atoms with Crippen LogP contribution in [-0.4, -0.2) is 21.5 Å². The second-order valence-electron chi connectivity index (χ2n) is 4.00. The van der Waals surface area contributed by atoms with Gasteiger partial charge in [-0.3, -0.25) is 4.79 Å². The quantitative estimate of drug-likeness (QED) is 0.584. The molecule has 88 valence electrons. The van der Waals surface area contributed by atoms with Crippen molar-refractivity contribution in [1.82, 2.24) is 9.97 Å². The molecule has 1 rings (SSSR count). The molecule has 0 aliphatic carbocycles. The topological polar surface area (TPSA) is 42.9 Å². The molecular weight excluding hydrogens is 220 g/mol. The van der Waals surface area contributed by atoms with Crippen LogP contribution in [0.1, 0.15) is 31.7 Å². The van der Waals surface area contributed by atoms with E-state index in [9.17, 15) is 4.79 Å². The predicted octanol–water partition coefficient (Wildman–Crippen LogP) is 2.80. The predicted molar refractivity (Wildman–Crippen MR) is 66.7 cm³/mol. The number of carbonyl (C=O) groups excluding carboxylic acids is 1. The largest absolute Gasteiger partial charge is 0.298 e. The van der Waals surface area contributed by atoms with E-state index >= 15 is 0 Å². The Labute approximate surface area is 101 Å². The minimum atomic E-state index is 0.137. The summed E-state index contributed by atoms with van der Waals surface area (Å²) < 4.78 is 0. The van der Waals surface area contributed by atoms with Gasteiger partial charge in [0.1, 0.15) is 5.78 Å². The minimum Gasteiger partial charge on any atom is -0.298 e. The fraction of sp³-hybridized carbons (Fsp3) is 0.583. The average Bonchev–Trinajstić information content (AvgIpc) is 2.23. The van der Waals surface area contributed by atoms with E-state index in [1.165, 1.54) is 11.8 Å². The summed E-state index contributed by atoms with van der Waals surface area (Å²) in [6, 6.07) is 1.93. The van der Waals surface area contributed by atoms with Crippen LogP contribution in [0, 0.1) is 19.8 Å². The Hall–Kier alpha value is -0.900. The van der Waals surface area contributed by atoms with E-state index in [0.717, 1.165) is 17.8 Å². The molecule has 0 aliphatic heterocycles. The molecule has 1 heterocycles. The maximum Gasteiger partial charge on any atom is 0.188 e. The maximum absolute atomic E-state index is 11.6. The summed E-state index contributed by atoms with van der Waals surface area (Å²) in [5.74, 6) is 0.881. The molecule has 0 fully saturated rings. The number of hydrogen-bond acceptors (Lipinski definition) is 4. The van der Waals surface area contributed by atoms with Gasteiger partial charge in [0.2, 0.25) is 0 Å². The van der Waals surface area contributed by atoms with E-state index in [0.29, 0.717) is 10.9 Å². The van der Waals surface area contributed by atoms with Crippen LogP contribution in [0.2, 0.25) is 0 Å². The van der Waals surface area contributed by atoms with Crippen molar-refractivity contribution < 1.29 is 4.79 Å². The lowest BCUT2D eigenvalue weighted by Gasteiger charge is -2.06. The lowest BCUT2D eigenvalue weighted by Crippen LogP contribution is -2.12. The highest BCUT2D eigenvalue weighted by Gasteiger charge is 2.11. The molecule has 1 atom stereocenters. The first-order valence-electron chi connectivity index (χ1n) is 5.50. The zero-order valence-corrected chi connectivity index (χ0v) is 11.1. The number of aryl methyl sites for hydroxylation is 2. The molecule has 16 heavy (non-hydrogen) atoms. The second kappa shape index (κ2) is 5.99. The molecule has 1 aromatic heterocycles. The molecule has 0 spiro atoms. The highest BCUT2D eigenvalue weighted by atomic mass is 32.2. The molecule has 0 amide bonds. The van der Waals surface area contributed by atoms with Crippen molar-refractivity contribution in [2.24, 2.45) is 5.92 Å². The molecule has 0 aromatic carbocycles. The molecule has 0 N–H and O–H groups in total. The van der Waals surface area contributed by atoms with Crippen LogP contribution in [0.4, 0.5) is 0 Å². The van der Waals surface area contributed by atoms with Gasteiger partial charge in [-0.1, -0.05) is 25.6 Å². The smallest absolute Gasteiger partial charge is 0.188 e. The second-order valence-corrected chi connectivity index (χ2v) is 4.94. The number of ketones is 1. The van der Waals surface area contributed by atoms with Crippen molar-refractivity contribution in [2.75, 3.05) is 5.75 Å². The van der Waals surface area contributed by atoms with Gasteiger partial charge >= 0.3 is 0 Å². The third kappa shape index (κ3) is 3.93. The zero-order chi connectivity index (χ0) is 12.1. The SMILES string of the molecule is CCC(C)C(=O)CSc1nc(C)cc(C)n1. The number of Topliss-reactive ketones (excluding diaryl/α,β-unsaturated/α-hetero) is 1. The van der Waals surface area contributed by atoms with Crippen LogP contribution in [0.25, 0.3) is 0 Å². The lowest BCUT2D eigenvalue weighted by atomic mass is 10.1. The first kappa shape index (κ1) is 13.2. The number of thioether (sulfide) groups is 1. The van der Waals surface area contributed by atoms with Gasteiger partial charge in [-0.25, -0.2) is 9.97 Å². The Morgan fingerprint density at radius 1 is 1.38 bits per heavy atom. The number of nitrogens with zero attached hydrogens (tertiary/aromatic N) is 2. The molecule has 0 bridgehead atoms. The van der Waals surface area contributed by atoms with Crippen molar-refractivity contribution >= 4 is 17.5 Å². The Morgan fingerprint density at radius 3 is 2.44 bits per heavy atom. The van der Waals surface area contributed by atoms with Crippen molar-refractivity contribution in [3.8, 4) is 0 Å². The summed E-state index contributed by atoms with van der Waals surface area (Å²) in [4.78, 5) is 20.2. The van der Waals surface area contributed by atoms with Crippen LogP contribution in [0.15, 0.2) is 11.2 Å². The Bertz CT molecular complexity index is 359. The monoisotopic (exact) mass is 238 g/mol. The summed E-state index contributed by atoms with van der Waals surface area (Å²) in [7, 11) is 0. The number of hydrogen-bond donors (Lipinski definition) is 0. The van der Waals surface area contributed by atoms with E-state index in [-0.39, 0.29) is 11.7 Å². The fourth-order valence-electron chi connectivity index (χ4n) is 1.26. The van der Waals surface area contributed by atoms with Crippen molar-refractivity contribution in [3.05, 3.63) is 17.5 Å². The Balaban J connectivity index is 2.58. The van der Waals surface area contributed by atoms with Gasteiger partial charge in [0.25, 0.3) is 0 Å². The van der Waals surface area contributed by atoms with Gasteiger partial charge in [-0.05, 0) is 26.3 Å². The van der Waals surface area contributed by atoms with E-state index in [1.54, 1.807) is 0 Å². The zero-order valence-electron chi connectivity index (χ0n) is 10.3. The third-order valence-electron chi connectivity index (χ3n) is 2.47. The van der Waals surface area contributed by atoms with E-state index in [1.807, 2.05) is 33.8 Å². The van der Waals surface area contributed by atoms with Gasteiger partial charge < -0.3 is 0 Å². The highest BCUT2D eigenvalue weighted by Crippen LogP contribution is 2.16. The summed E-state index contributed by atoms with van der Waals surface area (Å²) >= 11 is 1.43. The van der Waals surface area contributed by atoms with Gasteiger partial charge in [0, 0.05) is 17.3 Å². The minimum absolute atomic E-state index is 0.137. The van der Waals surface area contributed by atoms with Gasteiger partial charge in [-0.15, -0.1) is 0 Å². The Morgan fingerprint density at radius 2 is 1.94 bits per heavy atom. The molecule has 4 heteroatoms. The lowest BCUT2D eigenvalue weighted by molar-refractivity contribution is -0.119. The molecule has 0 radical (unpaired) electrons. The molecular formula is C12H18N2OS. The van der Waals surface area contributed by atoms with Crippen LogP contribution in [0.5, 0.6) is 0 Å². The third-order valence-corrected chi connectivity index (χ3v) is 3.34. The van der Waals surface area contributed by atoms with Crippen LogP contribution in [0.3, 0.4) is 0 Å². The summed E-state index contributed by atoms with van der Waals surface area (Å²) in [5, 5.41) is 0.703. The number of carbonyl (C=O) groups is 1. The first-order valence-corrected chi connectivity index (χ1v) is 6.49. The first-order chi connectivity index (χ1) is 7.52. The van der Waals surface area contributed by atoms with Crippen LogP contribution >= 0.6 is 11.8 Å². The van der Waals surface area contributed by atoms with Crippen molar-refractivity contribution in [3.63, 3.8) is 0 Å². The molecule has 3 nitrogen and oxygen atoms in total. The highest BCUT2D eigenvalue weighted by molar-refractivity contribution is 7.99. The normalized spacial score (nSPS) is 12.5. The number of rotatable bonds is 5. The molecule has 1 unspecified atom stereocenters. The molecule has 0 aliphatic rings. The standard InChI is InChI=1S/C12H18N2OS/c1-5-8(2)11(15)7-16-12-13-9(3)6-10(4)14-12/h6,8H,5,7H2,1-4H3. The van der Waals surface area contributed by atoms with Crippen LogP contribution < -0.4 is 0 Å². The molecule has 1 aromatic rings. The fourth-order valence-corrected chi connectivity index (χ4v) is 2.24. The molecule has 0 saturated carbocycles. The Kier molecular flexibility index (Phi) is 4.93. The van der Waals surface area contributed by atoms with Crippen molar-refractivity contribution in [1.29, 1.82) is 0 Å². The summed E-state index contributed by atoms with van der Waals surface area (Å²) in [5.41, 5.74) is 1.90. The van der Waals surface area contributed by atoms with Crippen LogP contribution in [-0.2, 0) is 4.79 Å². The number of aromatic nitrogens is 2. The average molecular weight is 238 g/mol. The molecule has 0 saturated heterocycles. The van der Waals surface area contributed by atoms with Crippen molar-refractivity contribution in [2.45, 2.75) is 39.3 Å². The maximum atomic E-state index is 11.6.